The van der Waals surface area contributed by atoms with Crippen LogP contribution in [0.5, 0.6) is 11.5 Å². The number of halogens is 3. The third-order valence-electron chi connectivity index (χ3n) is 3.13. The maximum atomic E-state index is 13.2. The number of rotatable bonds is 8. The minimum absolute atomic E-state index is 0.0706. The highest BCUT2D eigenvalue weighted by Gasteiger charge is 2.12. The van der Waals surface area contributed by atoms with Crippen molar-refractivity contribution in [1.29, 1.82) is 0 Å². The molecule has 0 aliphatic carbocycles. The van der Waals surface area contributed by atoms with Crippen molar-refractivity contribution in [1.82, 2.24) is 0 Å². The summed E-state index contributed by atoms with van der Waals surface area (Å²) in [6.45, 7) is 6.81. The quantitative estimate of drug-likeness (QED) is 0.604. The van der Waals surface area contributed by atoms with Gasteiger partial charge in [-0.3, -0.25) is 0 Å². The molecule has 128 valence electrons. The molecule has 3 nitrogen and oxygen atoms in total. The molecule has 2 aromatic rings. The summed E-state index contributed by atoms with van der Waals surface area (Å²) in [6.07, 6.45) is 1.64. The van der Waals surface area contributed by atoms with Gasteiger partial charge in [-0.05, 0) is 42.8 Å². The minimum Gasteiger partial charge on any atom is -0.490 e. The van der Waals surface area contributed by atoms with E-state index in [9.17, 15) is 4.39 Å². The Balaban J connectivity index is 2.17. The van der Waals surface area contributed by atoms with Crippen LogP contribution in [0.1, 0.15) is 12.5 Å². The van der Waals surface area contributed by atoms with Gasteiger partial charge in [-0.25, -0.2) is 4.39 Å². The van der Waals surface area contributed by atoms with Crippen LogP contribution in [-0.2, 0) is 6.54 Å². The summed E-state index contributed by atoms with van der Waals surface area (Å²) in [7, 11) is 0. The molecule has 0 fully saturated rings. The number of anilines is 1. The van der Waals surface area contributed by atoms with E-state index in [2.05, 4.69) is 11.9 Å². The lowest BCUT2D eigenvalue weighted by Gasteiger charge is -2.15. The molecule has 0 unspecified atom stereocenters. The van der Waals surface area contributed by atoms with E-state index in [0.717, 1.165) is 5.56 Å². The van der Waals surface area contributed by atoms with Crippen LogP contribution in [0.15, 0.2) is 43.0 Å². The van der Waals surface area contributed by atoms with Gasteiger partial charge in [-0.2, -0.15) is 0 Å². The Bertz CT molecular complexity index is 722. The predicted octanol–water partition coefficient (Wildman–Crippen LogP) is 5.71. The van der Waals surface area contributed by atoms with Crippen molar-refractivity contribution in [2.75, 3.05) is 18.5 Å². The summed E-state index contributed by atoms with van der Waals surface area (Å²) in [4.78, 5) is 0. The molecule has 0 bridgehead atoms. The van der Waals surface area contributed by atoms with E-state index in [4.69, 9.17) is 32.7 Å². The number of nitrogens with one attached hydrogen (secondary N) is 1. The van der Waals surface area contributed by atoms with Gasteiger partial charge in [0.25, 0.3) is 0 Å². The van der Waals surface area contributed by atoms with E-state index >= 15 is 0 Å². The Hall–Kier alpha value is -1.91. The average Bonchev–Trinajstić information content (AvgIpc) is 2.55. The highest BCUT2D eigenvalue weighted by Crippen LogP contribution is 2.37. The highest BCUT2D eigenvalue weighted by atomic mass is 35.5. The molecule has 0 radical (unpaired) electrons. The van der Waals surface area contributed by atoms with Crippen LogP contribution >= 0.6 is 23.2 Å². The second-order valence-electron chi connectivity index (χ2n) is 4.92. The molecule has 1 N–H and O–H groups in total. The SMILES string of the molecule is C=CCOc1c(Cl)cc(CNc2ccc(F)c(Cl)c2)cc1OCC. The number of benzene rings is 2. The first-order valence-corrected chi connectivity index (χ1v) is 8.18. The fourth-order valence-corrected chi connectivity index (χ4v) is 2.55. The van der Waals surface area contributed by atoms with Crippen LogP contribution in [0.2, 0.25) is 10.0 Å². The largest absolute Gasteiger partial charge is 0.490 e. The summed E-state index contributed by atoms with van der Waals surface area (Å²) >= 11 is 12.1. The van der Waals surface area contributed by atoms with Gasteiger partial charge < -0.3 is 14.8 Å². The van der Waals surface area contributed by atoms with E-state index in [1.165, 1.54) is 12.1 Å². The van der Waals surface area contributed by atoms with Crippen molar-refractivity contribution in [2.24, 2.45) is 0 Å². The molecule has 2 aromatic carbocycles. The molecular weight excluding hydrogens is 352 g/mol. The Morgan fingerprint density at radius 2 is 1.96 bits per heavy atom. The lowest BCUT2D eigenvalue weighted by atomic mass is 10.2. The Morgan fingerprint density at radius 3 is 2.62 bits per heavy atom. The molecule has 6 heteroatoms. The molecule has 0 heterocycles. The van der Waals surface area contributed by atoms with E-state index in [1.54, 1.807) is 18.2 Å². The average molecular weight is 370 g/mol. The van der Waals surface area contributed by atoms with Crippen molar-refractivity contribution in [2.45, 2.75) is 13.5 Å². The van der Waals surface area contributed by atoms with Crippen LogP contribution in [0.4, 0.5) is 10.1 Å². The van der Waals surface area contributed by atoms with Gasteiger partial charge in [0, 0.05) is 12.2 Å². The van der Waals surface area contributed by atoms with Gasteiger partial charge in [0.15, 0.2) is 11.5 Å². The van der Waals surface area contributed by atoms with Crippen LogP contribution < -0.4 is 14.8 Å². The van der Waals surface area contributed by atoms with Crippen molar-refractivity contribution in [3.8, 4) is 11.5 Å². The van der Waals surface area contributed by atoms with E-state index in [-0.39, 0.29) is 5.02 Å². The van der Waals surface area contributed by atoms with Gasteiger partial charge >= 0.3 is 0 Å². The zero-order valence-electron chi connectivity index (χ0n) is 13.2. The maximum absolute atomic E-state index is 13.2. The van der Waals surface area contributed by atoms with Gasteiger partial charge in [0.05, 0.1) is 16.7 Å². The summed E-state index contributed by atoms with van der Waals surface area (Å²) < 4.78 is 24.3. The molecule has 0 spiro atoms. The molecule has 0 aliphatic heterocycles. The third-order valence-corrected chi connectivity index (χ3v) is 3.70. The maximum Gasteiger partial charge on any atom is 0.180 e. The fraction of sp³-hybridized carbons (Fsp3) is 0.222. The first kappa shape index (κ1) is 18.4. The predicted molar refractivity (Wildman–Crippen MR) is 97.0 cm³/mol. The summed E-state index contributed by atoms with van der Waals surface area (Å²) in [5.41, 5.74) is 1.61. The Morgan fingerprint density at radius 1 is 1.17 bits per heavy atom. The molecular formula is C18H18Cl2FNO2. The number of hydrogen-bond acceptors (Lipinski definition) is 3. The van der Waals surface area contributed by atoms with E-state index in [0.29, 0.717) is 42.0 Å². The Labute approximate surface area is 151 Å². The van der Waals surface area contributed by atoms with Crippen molar-refractivity contribution in [3.63, 3.8) is 0 Å². The van der Waals surface area contributed by atoms with Gasteiger partial charge in [-0.1, -0.05) is 35.9 Å². The van der Waals surface area contributed by atoms with Gasteiger partial charge in [0.1, 0.15) is 12.4 Å². The lowest BCUT2D eigenvalue weighted by Crippen LogP contribution is -2.04. The molecule has 0 atom stereocenters. The topological polar surface area (TPSA) is 30.5 Å². The summed E-state index contributed by atoms with van der Waals surface area (Å²) in [5, 5.41) is 3.69. The number of ether oxygens (including phenoxy) is 2. The molecule has 0 aliphatic rings. The number of hydrogen-bond donors (Lipinski definition) is 1. The molecule has 24 heavy (non-hydrogen) atoms. The zero-order valence-corrected chi connectivity index (χ0v) is 14.8. The zero-order chi connectivity index (χ0) is 17.5. The van der Waals surface area contributed by atoms with Crippen molar-refractivity contribution in [3.05, 3.63) is 64.4 Å². The first-order chi connectivity index (χ1) is 11.5. The van der Waals surface area contributed by atoms with E-state index in [1.807, 2.05) is 13.0 Å². The van der Waals surface area contributed by atoms with Crippen LogP contribution in [0.3, 0.4) is 0 Å². The summed E-state index contributed by atoms with van der Waals surface area (Å²) in [5.74, 6) is 0.611. The molecule has 2 rings (SSSR count). The summed E-state index contributed by atoms with van der Waals surface area (Å²) in [6, 6.07) is 8.11. The van der Waals surface area contributed by atoms with Crippen molar-refractivity contribution >= 4 is 28.9 Å². The second-order valence-corrected chi connectivity index (χ2v) is 5.73. The second kappa shape index (κ2) is 8.81. The minimum atomic E-state index is -0.451. The van der Waals surface area contributed by atoms with Gasteiger partial charge in [0.2, 0.25) is 0 Å². The normalized spacial score (nSPS) is 10.3. The standard InChI is InChI=1S/C18H18Cl2FNO2/c1-3-7-24-18-15(20)8-12(9-17(18)23-4-2)11-22-13-5-6-16(21)14(19)10-13/h3,5-6,8-10,22H,1,4,7,11H2,2H3. The lowest BCUT2D eigenvalue weighted by molar-refractivity contribution is 0.297. The smallest absolute Gasteiger partial charge is 0.180 e. The van der Waals surface area contributed by atoms with Gasteiger partial charge in [-0.15, -0.1) is 0 Å². The molecule has 0 saturated carbocycles. The third kappa shape index (κ3) is 4.79. The fourth-order valence-electron chi connectivity index (χ4n) is 2.08. The van der Waals surface area contributed by atoms with E-state index < -0.39 is 5.82 Å². The van der Waals surface area contributed by atoms with Crippen LogP contribution in [-0.4, -0.2) is 13.2 Å². The van der Waals surface area contributed by atoms with Crippen LogP contribution in [0, 0.1) is 5.82 Å². The highest BCUT2D eigenvalue weighted by molar-refractivity contribution is 6.32. The molecule has 0 amide bonds. The first-order valence-electron chi connectivity index (χ1n) is 7.43. The molecule has 0 saturated heterocycles. The van der Waals surface area contributed by atoms with Crippen LogP contribution in [0.25, 0.3) is 0 Å². The molecule has 0 aromatic heterocycles. The monoisotopic (exact) mass is 369 g/mol. The van der Waals surface area contributed by atoms with Crippen molar-refractivity contribution < 1.29 is 13.9 Å². The Kier molecular flexibility index (Phi) is 6.76.